The highest BCUT2D eigenvalue weighted by Crippen LogP contribution is 2.33. The van der Waals surface area contributed by atoms with Gasteiger partial charge in [-0.25, -0.2) is 4.79 Å². The Bertz CT molecular complexity index is 1080. The molecule has 1 unspecified atom stereocenters. The van der Waals surface area contributed by atoms with E-state index in [-0.39, 0.29) is 5.97 Å². The molecule has 1 aromatic heterocycles. The fourth-order valence-electron chi connectivity index (χ4n) is 4.13. The third-order valence-electron chi connectivity index (χ3n) is 6.71. The van der Waals surface area contributed by atoms with E-state index in [1.807, 2.05) is 38.1 Å². The minimum Gasteiger partial charge on any atom is -0.490 e. The van der Waals surface area contributed by atoms with Crippen LogP contribution in [0.3, 0.4) is 0 Å². The first-order valence-corrected chi connectivity index (χ1v) is 12.7. The number of aryl methyl sites for hydroxylation is 2. The van der Waals surface area contributed by atoms with Crippen LogP contribution in [0.1, 0.15) is 78.7 Å². The maximum atomic E-state index is 11.8. The molecule has 2 aromatic carbocycles. The number of carbonyl (C=O) groups is 1. The fraction of sp³-hybridized carbons (Fsp3) is 0.464. The number of rotatable bonds is 11. The van der Waals surface area contributed by atoms with E-state index in [1.165, 1.54) is 22.9 Å². The molecule has 178 valence electrons. The summed E-state index contributed by atoms with van der Waals surface area (Å²) in [6.45, 7) is 8.61. The molecule has 4 nitrogen and oxygen atoms in total. The number of aliphatic hydroxyl groups is 1. The second-order valence-corrected chi connectivity index (χ2v) is 10.0. The molecule has 3 rings (SSSR count). The molecule has 0 radical (unpaired) electrons. The first kappa shape index (κ1) is 25.3. The van der Waals surface area contributed by atoms with Crippen molar-refractivity contribution in [3.8, 4) is 5.75 Å². The largest absolute Gasteiger partial charge is 0.490 e. The summed E-state index contributed by atoms with van der Waals surface area (Å²) in [5, 5.41) is 11.7. The summed E-state index contributed by atoms with van der Waals surface area (Å²) in [6.07, 6.45) is 4.50. The second-order valence-electron chi connectivity index (χ2n) is 8.85. The van der Waals surface area contributed by atoms with Crippen LogP contribution < -0.4 is 4.74 Å². The summed E-state index contributed by atoms with van der Waals surface area (Å²) in [5.74, 6) is 1.02. The zero-order valence-corrected chi connectivity index (χ0v) is 21.3. The average Bonchev–Trinajstić information content (AvgIpc) is 3.25. The summed E-state index contributed by atoms with van der Waals surface area (Å²) < 4.78 is 11.9. The highest BCUT2D eigenvalue weighted by atomic mass is 32.1. The molecular weight excluding hydrogens is 432 g/mol. The van der Waals surface area contributed by atoms with Crippen molar-refractivity contribution in [1.82, 2.24) is 0 Å². The van der Waals surface area contributed by atoms with Gasteiger partial charge in [-0.3, -0.25) is 0 Å². The molecule has 0 bridgehead atoms. The quantitative estimate of drug-likeness (QED) is 0.306. The van der Waals surface area contributed by atoms with E-state index in [9.17, 15) is 9.90 Å². The van der Waals surface area contributed by atoms with Gasteiger partial charge in [0.1, 0.15) is 12.4 Å². The van der Waals surface area contributed by atoms with Crippen molar-refractivity contribution in [3.63, 3.8) is 0 Å². The lowest BCUT2D eigenvalue weighted by atomic mass is 9.90. The number of benzene rings is 2. The number of thiophene rings is 1. The van der Waals surface area contributed by atoms with Crippen molar-refractivity contribution >= 4 is 27.4 Å². The standard InChI is InChI=1S/C28H36O4S/c1-6-20(21-12-14-25(19(4)15-21)32-18-28(30,7-2)8-3)11-13-24-16-22-9-10-23(27(29)31-5)17-26(22)33-24/h9-10,12,14-17,20,30H,6-8,11,13,18H2,1-5H3. The van der Waals surface area contributed by atoms with Gasteiger partial charge in [0, 0.05) is 9.58 Å². The van der Waals surface area contributed by atoms with E-state index in [0.717, 1.165) is 35.3 Å². The SMILES string of the molecule is CCC(CCc1cc2ccc(C(=O)OC)cc2s1)c1ccc(OCC(O)(CC)CC)c(C)c1. The second kappa shape index (κ2) is 11.2. The number of carbonyl (C=O) groups excluding carboxylic acids is 1. The van der Waals surface area contributed by atoms with Crippen molar-refractivity contribution in [2.75, 3.05) is 13.7 Å². The highest BCUT2D eigenvalue weighted by Gasteiger charge is 2.23. The van der Waals surface area contributed by atoms with Gasteiger partial charge >= 0.3 is 5.97 Å². The molecular formula is C28H36O4S. The average molecular weight is 469 g/mol. The van der Waals surface area contributed by atoms with Crippen LogP contribution >= 0.6 is 11.3 Å². The zero-order chi connectivity index (χ0) is 24.0. The van der Waals surface area contributed by atoms with Gasteiger partial charge in [0.25, 0.3) is 0 Å². The molecule has 1 heterocycles. The normalized spacial score (nSPS) is 12.7. The van der Waals surface area contributed by atoms with Gasteiger partial charge in [-0.2, -0.15) is 0 Å². The summed E-state index contributed by atoms with van der Waals surface area (Å²) >= 11 is 1.75. The van der Waals surface area contributed by atoms with E-state index in [4.69, 9.17) is 9.47 Å². The molecule has 0 aliphatic heterocycles. The van der Waals surface area contributed by atoms with Gasteiger partial charge in [0.05, 0.1) is 18.3 Å². The van der Waals surface area contributed by atoms with Crippen molar-refractivity contribution in [1.29, 1.82) is 0 Å². The Hall–Kier alpha value is -2.37. The molecule has 1 N–H and O–H groups in total. The van der Waals surface area contributed by atoms with Gasteiger partial charge in [-0.1, -0.05) is 39.0 Å². The van der Waals surface area contributed by atoms with Gasteiger partial charge in [0.15, 0.2) is 0 Å². The van der Waals surface area contributed by atoms with E-state index in [0.29, 0.717) is 30.9 Å². The van der Waals surface area contributed by atoms with Crippen LogP contribution in [-0.2, 0) is 11.2 Å². The summed E-state index contributed by atoms with van der Waals surface area (Å²) in [6, 6.07) is 14.4. The summed E-state index contributed by atoms with van der Waals surface area (Å²) in [5.41, 5.74) is 2.27. The third kappa shape index (κ3) is 6.15. The Morgan fingerprint density at radius 1 is 1.09 bits per heavy atom. The monoisotopic (exact) mass is 468 g/mol. The number of fused-ring (bicyclic) bond motifs is 1. The molecule has 0 spiro atoms. The van der Waals surface area contributed by atoms with Crippen LogP contribution in [0.25, 0.3) is 10.1 Å². The van der Waals surface area contributed by atoms with Gasteiger partial charge in [-0.05, 0) is 85.7 Å². The van der Waals surface area contributed by atoms with Gasteiger partial charge in [0.2, 0.25) is 0 Å². The van der Waals surface area contributed by atoms with Crippen molar-refractivity contribution in [2.24, 2.45) is 0 Å². The van der Waals surface area contributed by atoms with Crippen molar-refractivity contribution < 1.29 is 19.4 Å². The van der Waals surface area contributed by atoms with Gasteiger partial charge < -0.3 is 14.6 Å². The first-order valence-electron chi connectivity index (χ1n) is 11.9. The Morgan fingerprint density at radius 3 is 2.48 bits per heavy atom. The van der Waals surface area contributed by atoms with Crippen molar-refractivity contribution in [2.45, 2.75) is 71.3 Å². The molecule has 1 atom stereocenters. The Kier molecular flexibility index (Phi) is 8.55. The van der Waals surface area contributed by atoms with Crippen LogP contribution in [0.15, 0.2) is 42.5 Å². The summed E-state index contributed by atoms with van der Waals surface area (Å²) in [4.78, 5) is 13.1. The molecule has 0 saturated carbocycles. The maximum Gasteiger partial charge on any atom is 0.337 e. The Labute approximate surface area is 201 Å². The van der Waals surface area contributed by atoms with Crippen LogP contribution in [0, 0.1) is 6.92 Å². The fourth-order valence-corrected chi connectivity index (χ4v) is 5.25. The third-order valence-corrected chi connectivity index (χ3v) is 7.86. The first-order chi connectivity index (χ1) is 15.8. The minimum absolute atomic E-state index is 0.297. The zero-order valence-electron chi connectivity index (χ0n) is 20.4. The smallest absolute Gasteiger partial charge is 0.337 e. The molecule has 0 fully saturated rings. The molecule has 33 heavy (non-hydrogen) atoms. The maximum absolute atomic E-state index is 11.8. The lowest BCUT2D eigenvalue weighted by Gasteiger charge is -2.26. The molecule has 5 heteroatoms. The molecule has 0 aliphatic carbocycles. The lowest BCUT2D eigenvalue weighted by molar-refractivity contribution is -0.0115. The van der Waals surface area contributed by atoms with Crippen LogP contribution in [0.4, 0.5) is 0 Å². The number of hydrogen-bond donors (Lipinski definition) is 1. The Morgan fingerprint density at radius 2 is 1.85 bits per heavy atom. The minimum atomic E-state index is -0.765. The van der Waals surface area contributed by atoms with E-state index >= 15 is 0 Å². The topological polar surface area (TPSA) is 55.8 Å². The Balaban J connectivity index is 1.67. The predicted molar refractivity (Wildman–Crippen MR) is 137 cm³/mol. The van der Waals surface area contributed by atoms with Crippen LogP contribution in [0.5, 0.6) is 5.75 Å². The number of esters is 1. The van der Waals surface area contributed by atoms with E-state index < -0.39 is 5.60 Å². The molecule has 0 amide bonds. The van der Waals surface area contributed by atoms with E-state index in [1.54, 1.807) is 11.3 Å². The van der Waals surface area contributed by atoms with Gasteiger partial charge in [-0.15, -0.1) is 11.3 Å². The molecule has 0 aliphatic rings. The lowest BCUT2D eigenvalue weighted by Crippen LogP contribution is -2.34. The number of hydrogen-bond acceptors (Lipinski definition) is 5. The van der Waals surface area contributed by atoms with Crippen LogP contribution in [-0.4, -0.2) is 30.4 Å². The number of methoxy groups -OCH3 is 1. The van der Waals surface area contributed by atoms with Crippen LogP contribution in [0.2, 0.25) is 0 Å². The van der Waals surface area contributed by atoms with E-state index in [2.05, 4.69) is 32.0 Å². The highest BCUT2D eigenvalue weighted by molar-refractivity contribution is 7.19. The summed E-state index contributed by atoms with van der Waals surface area (Å²) in [7, 11) is 1.41. The number of ether oxygens (including phenoxy) is 2. The molecule has 3 aromatic rings. The predicted octanol–water partition coefficient (Wildman–Crippen LogP) is 7.05. The van der Waals surface area contributed by atoms with Crippen molar-refractivity contribution in [3.05, 3.63) is 64.0 Å². The molecule has 0 saturated heterocycles.